The van der Waals surface area contributed by atoms with Gasteiger partial charge >= 0.3 is 12.1 Å². The quantitative estimate of drug-likeness (QED) is 0.708. The topological polar surface area (TPSA) is 74.3 Å². The lowest BCUT2D eigenvalue weighted by molar-refractivity contribution is 0.207. The first kappa shape index (κ1) is 9.45. The van der Waals surface area contributed by atoms with Gasteiger partial charge in [-0.2, -0.15) is 0 Å². The van der Waals surface area contributed by atoms with Crippen molar-refractivity contribution in [2.45, 2.75) is 0 Å². The van der Waals surface area contributed by atoms with E-state index in [0.29, 0.717) is 18.9 Å². The third kappa shape index (κ3) is 2.04. The zero-order valence-electron chi connectivity index (χ0n) is 7.93. The van der Waals surface area contributed by atoms with Crippen molar-refractivity contribution in [3.8, 4) is 0 Å². The Morgan fingerprint density at radius 1 is 1.53 bits per heavy atom. The summed E-state index contributed by atoms with van der Waals surface area (Å²) in [6, 6.07) is 4.34. The Balaban J connectivity index is 2.01. The van der Waals surface area contributed by atoms with Crippen molar-refractivity contribution < 1.29 is 9.59 Å². The van der Waals surface area contributed by atoms with Crippen molar-refractivity contribution >= 4 is 17.9 Å². The first-order chi connectivity index (χ1) is 7.27. The second-order valence-corrected chi connectivity index (χ2v) is 3.03. The normalized spacial score (nSPS) is 14.9. The van der Waals surface area contributed by atoms with Gasteiger partial charge in [-0.25, -0.2) is 19.5 Å². The van der Waals surface area contributed by atoms with Crippen LogP contribution in [0.1, 0.15) is 0 Å². The molecule has 0 atom stereocenters. The number of anilines is 1. The van der Waals surface area contributed by atoms with E-state index in [9.17, 15) is 9.59 Å². The summed E-state index contributed by atoms with van der Waals surface area (Å²) >= 11 is 0. The van der Waals surface area contributed by atoms with Gasteiger partial charge in [0, 0.05) is 19.3 Å². The molecule has 2 rings (SSSR count). The molecule has 0 aliphatic carbocycles. The van der Waals surface area contributed by atoms with Gasteiger partial charge in [0.2, 0.25) is 0 Å². The van der Waals surface area contributed by atoms with Gasteiger partial charge < -0.3 is 5.32 Å². The molecule has 2 heterocycles. The van der Waals surface area contributed by atoms with Gasteiger partial charge in [-0.1, -0.05) is 6.07 Å². The lowest BCUT2D eigenvalue weighted by atomic mass is 10.4. The molecule has 1 aliphatic rings. The molecule has 78 valence electrons. The number of carbonyl (C=O) groups is 2. The number of nitrogens with one attached hydrogen (secondary N) is 2. The first-order valence-corrected chi connectivity index (χ1v) is 4.55. The van der Waals surface area contributed by atoms with Crippen LogP contribution in [-0.2, 0) is 0 Å². The van der Waals surface area contributed by atoms with Crippen molar-refractivity contribution in [1.82, 2.24) is 15.2 Å². The lowest BCUT2D eigenvalue weighted by Gasteiger charge is -2.12. The number of aromatic nitrogens is 1. The first-order valence-electron chi connectivity index (χ1n) is 4.55. The van der Waals surface area contributed by atoms with Crippen LogP contribution in [0.5, 0.6) is 0 Å². The maximum absolute atomic E-state index is 11.5. The van der Waals surface area contributed by atoms with Gasteiger partial charge in [-0.15, -0.1) is 0 Å². The average molecular weight is 206 g/mol. The summed E-state index contributed by atoms with van der Waals surface area (Å²) in [6.07, 6.45) is 1.57. The number of rotatable bonds is 1. The molecule has 0 radical (unpaired) electrons. The maximum atomic E-state index is 11.5. The molecule has 0 unspecified atom stereocenters. The maximum Gasteiger partial charge on any atom is 0.331 e. The van der Waals surface area contributed by atoms with Gasteiger partial charge in [-0.05, 0) is 12.1 Å². The summed E-state index contributed by atoms with van der Waals surface area (Å²) in [5, 5.41) is 5.07. The number of urea groups is 2. The van der Waals surface area contributed by atoms with E-state index < -0.39 is 6.03 Å². The van der Waals surface area contributed by atoms with E-state index in [4.69, 9.17) is 0 Å². The smallest absolute Gasteiger partial charge is 0.331 e. The molecule has 1 fully saturated rings. The monoisotopic (exact) mass is 206 g/mol. The van der Waals surface area contributed by atoms with Crippen molar-refractivity contribution in [3.63, 3.8) is 0 Å². The average Bonchev–Trinajstić information content (AvgIpc) is 2.66. The number of hydrogen-bond acceptors (Lipinski definition) is 3. The van der Waals surface area contributed by atoms with E-state index in [2.05, 4.69) is 15.6 Å². The molecule has 6 heteroatoms. The van der Waals surface area contributed by atoms with E-state index >= 15 is 0 Å². The zero-order chi connectivity index (χ0) is 10.7. The Bertz CT molecular complexity index is 379. The SMILES string of the molecule is O=C1NCCN1C(=O)Nc1ccccn1. The van der Waals surface area contributed by atoms with Crippen LogP contribution in [0.15, 0.2) is 24.4 Å². The molecule has 0 bridgehead atoms. The predicted molar refractivity (Wildman–Crippen MR) is 53.4 cm³/mol. The highest BCUT2D eigenvalue weighted by atomic mass is 16.2. The number of carbonyl (C=O) groups excluding carboxylic acids is 2. The van der Waals surface area contributed by atoms with Crippen LogP contribution in [0, 0.1) is 0 Å². The van der Waals surface area contributed by atoms with Crippen molar-refractivity contribution in [1.29, 1.82) is 0 Å². The van der Waals surface area contributed by atoms with Gasteiger partial charge in [0.05, 0.1) is 0 Å². The van der Waals surface area contributed by atoms with E-state index in [1.807, 2.05) is 0 Å². The summed E-state index contributed by atoms with van der Waals surface area (Å²) in [7, 11) is 0. The number of amides is 4. The minimum Gasteiger partial charge on any atom is -0.336 e. The van der Waals surface area contributed by atoms with E-state index in [1.54, 1.807) is 24.4 Å². The summed E-state index contributed by atoms with van der Waals surface area (Å²) < 4.78 is 0. The number of imide groups is 1. The van der Waals surface area contributed by atoms with Crippen LogP contribution < -0.4 is 10.6 Å². The van der Waals surface area contributed by atoms with E-state index in [0.717, 1.165) is 4.90 Å². The standard InChI is InChI=1S/C9H10N4O2/c14-8-11-5-6-13(8)9(15)12-7-3-1-2-4-10-7/h1-4H,5-6H2,(H,11,14)(H,10,12,15). The predicted octanol–water partition coefficient (Wildman–Crippen LogP) is 0.639. The molecule has 1 saturated heterocycles. The largest absolute Gasteiger partial charge is 0.336 e. The molecule has 0 saturated carbocycles. The fraction of sp³-hybridized carbons (Fsp3) is 0.222. The van der Waals surface area contributed by atoms with E-state index in [-0.39, 0.29) is 6.03 Å². The van der Waals surface area contributed by atoms with Gasteiger partial charge in [0.15, 0.2) is 0 Å². The number of nitrogens with zero attached hydrogens (tertiary/aromatic N) is 2. The van der Waals surface area contributed by atoms with Crippen LogP contribution in [0.2, 0.25) is 0 Å². The Kier molecular flexibility index (Phi) is 2.49. The molecule has 4 amide bonds. The summed E-state index contributed by atoms with van der Waals surface area (Å²) in [5.41, 5.74) is 0. The fourth-order valence-electron chi connectivity index (χ4n) is 1.28. The summed E-state index contributed by atoms with van der Waals surface area (Å²) in [6.45, 7) is 0.881. The second-order valence-electron chi connectivity index (χ2n) is 3.03. The van der Waals surface area contributed by atoms with E-state index in [1.165, 1.54) is 0 Å². The molecule has 1 aromatic rings. The molecular weight excluding hydrogens is 196 g/mol. The molecule has 1 aromatic heterocycles. The molecule has 2 N–H and O–H groups in total. The van der Waals surface area contributed by atoms with Crippen molar-refractivity contribution in [2.24, 2.45) is 0 Å². The Morgan fingerprint density at radius 2 is 2.40 bits per heavy atom. The molecular formula is C9H10N4O2. The number of hydrogen-bond donors (Lipinski definition) is 2. The second kappa shape index (κ2) is 3.95. The summed E-state index contributed by atoms with van der Waals surface area (Å²) in [4.78, 5) is 27.7. The summed E-state index contributed by atoms with van der Waals surface area (Å²) in [5.74, 6) is 0.433. The van der Waals surface area contributed by atoms with Crippen molar-refractivity contribution in [3.05, 3.63) is 24.4 Å². The zero-order valence-corrected chi connectivity index (χ0v) is 7.93. The fourth-order valence-corrected chi connectivity index (χ4v) is 1.28. The molecule has 15 heavy (non-hydrogen) atoms. The Morgan fingerprint density at radius 3 is 3.00 bits per heavy atom. The third-order valence-corrected chi connectivity index (χ3v) is 2.00. The van der Waals surface area contributed by atoms with Crippen LogP contribution in [-0.4, -0.2) is 35.0 Å². The Hall–Kier alpha value is -2.11. The Labute approximate surface area is 86.3 Å². The van der Waals surface area contributed by atoms with Crippen LogP contribution >= 0.6 is 0 Å². The third-order valence-electron chi connectivity index (χ3n) is 2.00. The van der Waals surface area contributed by atoms with Gasteiger partial charge in [0.1, 0.15) is 5.82 Å². The highest BCUT2D eigenvalue weighted by Crippen LogP contribution is 2.04. The molecule has 1 aliphatic heterocycles. The van der Waals surface area contributed by atoms with Crippen LogP contribution in [0.3, 0.4) is 0 Å². The van der Waals surface area contributed by atoms with Crippen LogP contribution in [0.25, 0.3) is 0 Å². The molecule has 0 spiro atoms. The lowest BCUT2D eigenvalue weighted by Crippen LogP contribution is -2.37. The number of pyridine rings is 1. The highest BCUT2D eigenvalue weighted by Gasteiger charge is 2.26. The van der Waals surface area contributed by atoms with Crippen molar-refractivity contribution in [2.75, 3.05) is 18.4 Å². The molecule has 6 nitrogen and oxygen atoms in total. The minimum absolute atomic E-state index is 0.372. The minimum atomic E-state index is -0.455. The van der Waals surface area contributed by atoms with Gasteiger partial charge in [0.25, 0.3) is 0 Å². The highest BCUT2D eigenvalue weighted by molar-refractivity contribution is 6.01. The van der Waals surface area contributed by atoms with Gasteiger partial charge in [-0.3, -0.25) is 5.32 Å². The van der Waals surface area contributed by atoms with Crippen LogP contribution in [0.4, 0.5) is 15.4 Å². The molecule has 0 aromatic carbocycles.